The van der Waals surface area contributed by atoms with Crippen LogP contribution < -0.4 is 15.0 Å². The maximum absolute atomic E-state index is 12.5. The van der Waals surface area contributed by atoms with Crippen molar-refractivity contribution in [3.63, 3.8) is 0 Å². The summed E-state index contributed by atoms with van der Waals surface area (Å²) >= 11 is 0. The van der Waals surface area contributed by atoms with E-state index in [1.807, 2.05) is 25.7 Å². The van der Waals surface area contributed by atoms with Crippen molar-refractivity contribution in [2.75, 3.05) is 16.8 Å². The zero-order chi connectivity index (χ0) is 18.0. The van der Waals surface area contributed by atoms with Crippen molar-refractivity contribution < 1.29 is 19.1 Å². The first kappa shape index (κ1) is 17.6. The first-order valence-electron chi connectivity index (χ1n) is 8.92. The zero-order valence-electron chi connectivity index (χ0n) is 15.1. The molecule has 1 fully saturated rings. The first-order valence-corrected chi connectivity index (χ1v) is 8.92. The average molecular weight is 346 g/mol. The fraction of sp³-hybridized carbons (Fsp3) is 0.579. The van der Waals surface area contributed by atoms with E-state index in [9.17, 15) is 9.59 Å². The third-order valence-electron chi connectivity index (χ3n) is 4.42. The second-order valence-electron chi connectivity index (χ2n) is 7.65. The van der Waals surface area contributed by atoms with Gasteiger partial charge in [0.1, 0.15) is 11.4 Å². The molecule has 1 heterocycles. The fourth-order valence-electron chi connectivity index (χ4n) is 3.41. The van der Waals surface area contributed by atoms with Gasteiger partial charge in [-0.3, -0.25) is 10.1 Å². The highest BCUT2D eigenvalue weighted by atomic mass is 16.6. The number of fused-ring (bicyclic) bond motifs is 1. The number of rotatable bonds is 2. The van der Waals surface area contributed by atoms with E-state index in [-0.39, 0.29) is 18.6 Å². The van der Waals surface area contributed by atoms with Crippen LogP contribution in [0, 0.1) is 0 Å². The number of hydrogen-bond acceptors (Lipinski definition) is 4. The topological polar surface area (TPSA) is 67.9 Å². The molecule has 0 spiro atoms. The Morgan fingerprint density at radius 2 is 1.96 bits per heavy atom. The minimum absolute atomic E-state index is 0.0196. The van der Waals surface area contributed by atoms with Crippen LogP contribution in [0.15, 0.2) is 18.2 Å². The molecule has 1 aliphatic carbocycles. The second kappa shape index (κ2) is 6.94. The van der Waals surface area contributed by atoms with Gasteiger partial charge in [-0.25, -0.2) is 4.79 Å². The van der Waals surface area contributed by atoms with Crippen LogP contribution in [0.4, 0.5) is 16.2 Å². The molecule has 136 valence electrons. The predicted molar refractivity (Wildman–Crippen MR) is 96.2 cm³/mol. The van der Waals surface area contributed by atoms with Crippen molar-refractivity contribution in [2.45, 2.75) is 64.5 Å². The van der Waals surface area contributed by atoms with E-state index in [4.69, 9.17) is 9.47 Å². The predicted octanol–water partition coefficient (Wildman–Crippen LogP) is 4.09. The van der Waals surface area contributed by atoms with Crippen molar-refractivity contribution >= 4 is 23.4 Å². The molecule has 6 nitrogen and oxygen atoms in total. The number of benzene rings is 1. The number of carbonyl (C=O) groups is 2. The highest BCUT2D eigenvalue weighted by molar-refractivity contribution is 5.99. The summed E-state index contributed by atoms with van der Waals surface area (Å²) in [6, 6.07) is 5.56. The largest absolute Gasteiger partial charge is 0.482 e. The van der Waals surface area contributed by atoms with E-state index < -0.39 is 11.7 Å². The van der Waals surface area contributed by atoms with Crippen LogP contribution in [0.3, 0.4) is 0 Å². The molecule has 2 amide bonds. The summed E-state index contributed by atoms with van der Waals surface area (Å²) in [7, 11) is 0. The summed E-state index contributed by atoms with van der Waals surface area (Å²) in [5, 5.41) is 2.73. The van der Waals surface area contributed by atoms with Gasteiger partial charge in [0, 0.05) is 11.7 Å². The minimum Gasteiger partial charge on any atom is -0.482 e. The van der Waals surface area contributed by atoms with Crippen molar-refractivity contribution in [1.29, 1.82) is 0 Å². The molecule has 0 unspecified atom stereocenters. The van der Waals surface area contributed by atoms with Crippen LogP contribution in [-0.2, 0) is 9.53 Å². The molecular formula is C19H26N2O4. The number of ether oxygens (including phenoxy) is 2. The monoisotopic (exact) mass is 346 g/mol. The summed E-state index contributed by atoms with van der Waals surface area (Å²) in [4.78, 5) is 26.3. The molecule has 1 N–H and O–H groups in total. The Hall–Kier alpha value is -2.24. The molecular weight excluding hydrogens is 320 g/mol. The van der Waals surface area contributed by atoms with Gasteiger partial charge in [-0.2, -0.15) is 0 Å². The van der Waals surface area contributed by atoms with Crippen molar-refractivity contribution in [3.8, 4) is 5.75 Å². The number of carbonyl (C=O) groups excluding carboxylic acids is 2. The zero-order valence-corrected chi connectivity index (χ0v) is 15.1. The maximum Gasteiger partial charge on any atom is 0.412 e. The lowest BCUT2D eigenvalue weighted by molar-refractivity contribution is -0.122. The normalized spacial score (nSPS) is 18.4. The molecule has 0 aromatic heterocycles. The van der Waals surface area contributed by atoms with Crippen LogP contribution in [0.2, 0.25) is 0 Å². The Morgan fingerprint density at radius 3 is 2.64 bits per heavy atom. The van der Waals surface area contributed by atoms with Crippen LogP contribution in [0.25, 0.3) is 0 Å². The lowest BCUT2D eigenvalue weighted by Gasteiger charge is -2.38. The number of nitrogens with zero attached hydrogens (tertiary/aromatic N) is 1. The number of hydrogen-bond donors (Lipinski definition) is 1. The minimum atomic E-state index is -0.564. The van der Waals surface area contributed by atoms with Crippen molar-refractivity contribution in [3.05, 3.63) is 18.2 Å². The molecule has 0 saturated heterocycles. The van der Waals surface area contributed by atoms with E-state index in [0.717, 1.165) is 31.4 Å². The van der Waals surface area contributed by atoms with E-state index in [1.54, 1.807) is 18.2 Å². The van der Waals surface area contributed by atoms with Gasteiger partial charge in [0.2, 0.25) is 0 Å². The Bertz CT molecular complexity index is 660. The van der Waals surface area contributed by atoms with Crippen LogP contribution in [0.5, 0.6) is 5.75 Å². The Balaban J connectivity index is 1.82. The molecule has 6 heteroatoms. The second-order valence-corrected chi connectivity index (χ2v) is 7.65. The molecule has 1 aliphatic heterocycles. The number of nitrogens with one attached hydrogen (secondary N) is 1. The number of amides is 2. The van der Waals surface area contributed by atoms with Crippen LogP contribution in [0.1, 0.15) is 52.9 Å². The van der Waals surface area contributed by atoms with E-state index in [1.165, 1.54) is 6.42 Å². The average Bonchev–Trinajstić information content (AvgIpc) is 2.53. The summed E-state index contributed by atoms with van der Waals surface area (Å²) in [5.74, 6) is 0.661. The van der Waals surface area contributed by atoms with Gasteiger partial charge in [0.25, 0.3) is 5.91 Å². The lowest BCUT2D eigenvalue weighted by Crippen LogP contribution is -2.46. The SMILES string of the molecule is CC(C)(C)OC(=O)Nc1ccc2c(c1)N(C1CCCCC1)C(=O)CO2. The van der Waals surface area contributed by atoms with Gasteiger partial charge in [0.05, 0.1) is 5.69 Å². The Labute approximate surface area is 148 Å². The highest BCUT2D eigenvalue weighted by Crippen LogP contribution is 2.38. The molecule has 1 aromatic rings. The third-order valence-corrected chi connectivity index (χ3v) is 4.42. The van der Waals surface area contributed by atoms with Gasteiger partial charge < -0.3 is 14.4 Å². The van der Waals surface area contributed by atoms with Crippen molar-refractivity contribution in [1.82, 2.24) is 0 Å². The molecule has 3 rings (SSSR count). The molecule has 1 saturated carbocycles. The maximum atomic E-state index is 12.5. The van der Waals surface area contributed by atoms with E-state index >= 15 is 0 Å². The van der Waals surface area contributed by atoms with Gasteiger partial charge in [0.15, 0.2) is 6.61 Å². The summed E-state index contributed by atoms with van der Waals surface area (Å²) in [5.41, 5.74) is 0.759. The van der Waals surface area contributed by atoms with E-state index in [0.29, 0.717) is 11.4 Å². The summed E-state index contributed by atoms with van der Waals surface area (Å²) in [6.07, 6.45) is 5.01. The lowest BCUT2D eigenvalue weighted by atomic mass is 9.93. The molecule has 25 heavy (non-hydrogen) atoms. The quantitative estimate of drug-likeness (QED) is 0.876. The van der Waals surface area contributed by atoms with Gasteiger partial charge in [-0.15, -0.1) is 0 Å². The van der Waals surface area contributed by atoms with Gasteiger partial charge >= 0.3 is 6.09 Å². The van der Waals surface area contributed by atoms with Gasteiger partial charge in [-0.05, 0) is 51.8 Å². The van der Waals surface area contributed by atoms with Crippen LogP contribution >= 0.6 is 0 Å². The Kier molecular flexibility index (Phi) is 4.88. The van der Waals surface area contributed by atoms with E-state index in [2.05, 4.69) is 5.32 Å². The van der Waals surface area contributed by atoms with Gasteiger partial charge in [-0.1, -0.05) is 19.3 Å². The molecule has 0 atom stereocenters. The summed E-state index contributed by atoms with van der Waals surface area (Å²) < 4.78 is 10.9. The molecule has 2 aliphatic rings. The van der Waals surface area contributed by atoms with Crippen molar-refractivity contribution in [2.24, 2.45) is 0 Å². The molecule has 0 bridgehead atoms. The number of anilines is 2. The molecule has 0 radical (unpaired) electrons. The fourth-order valence-corrected chi connectivity index (χ4v) is 3.41. The standard InChI is InChI=1S/C19H26N2O4/c1-19(2,3)25-18(23)20-13-9-10-16-15(11-13)21(17(22)12-24-16)14-7-5-4-6-8-14/h9-11,14H,4-8,12H2,1-3H3,(H,20,23). The van der Waals surface area contributed by atoms with Crippen LogP contribution in [-0.4, -0.2) is 30.3 Å². The highest BCUT2D eigenvalue weighted by Gasteiger charge is 2.32. The molecule has 1 aromatic carbocycles. The summed E-state index contributed by atoms with van der Waals surface area (Å²) in [6.45, 7) is 5.52. The Morgan fingerprint density at radius 1 is 1.24 bits per heavy atom. The third kappa shape index (κ3) is 4.24. The first-order chi connectivity index (χ1) is 11.8. The smallest absolute Gasteiger partial charge is 0.412 e.